The van der Waals surface area contributed by atoms with Crippen LogP contribution in [-0.4, -0.2) is 10.2 Å². The lowest BCUT2D eigenvalue weighted by molar-refractivity contribution is 1.11. The standard InChI is InChI=1S/C12H14N2S2/c1-8(2)15-11-10(14-12(13)16-11)9-6-4-3-5-7-9/h3-8H,1-2H3,(H2,13,14). The van der Waals surface area contributed by atoms with Crippen LogP contribution < -0.4 is 5.73 Å². The van der Waals surface area contributed by atoms with Crippen LogP contribution in [-0.2, 0) is 0 Å². The molecule has 1 heterocycles. The number of anilines is 1. The third kappa shape index (κ3) is 2.57. The second kappa shape index (κ2) is 4.89. The van der Waals surface area contributed by atoms with Crippen LogP contribution in [0.1, 0.15) is 13.8 Å². The van der Waals surface area contributed by atoms with Gasteiger partial charge in [-0.05, 0) is 0 Å². The van der Waals surface area contributed by atoms with Crippen molar-refractivity contribution in [3.05, 3.63) is 30.3 Å². The number of thioether (sulfide) groups is 1. The molecule has 84 valence electrons. The van der Waals surface area contributed by atoms with Gasteiger partial charge in [0.2, 0.25) is 0 Å². The summed E-state index contributed by atoms with van der Waals surface area (Å²) in [6, 6.07) is 10.2. The number of hydrogen-bond acceptors (Lipinski definition) is 4. The van der Waals surface area contributed by atoms with Crippen LogP contribution in [0.2, 0.25) is 0 Å². The van der Waals surface area contributed by atoms with E-state index in [1.807, 2.05) is 30.0 Å². The molecule has 0 saturated carbocycles. The predicted octanol–water partition coefficient (Wildman–Crippen LogP) is 3.89. The lowest BCUT2D eigenvalue weighted by Crippen LogP contribution is -1.86. The Kier molecular flexibility index (Phi) is 3.51. The zero-order chi connectivity index (χ0) is 11.5. The summed E-state index contributed by atoms with van der Waals surface area (Å²) in [6.45, 7) is 4.35. The molecule has 2 aromatic rings. The van der Waals surface area contributed by atoms with Gasteiger partial charge in [-0.1, -0.05) is 55.5 Å². The van der Waals surface area contributed by atoms with E-state index in [-0.39, 0.29) is 0 Å². The molecule has 0 fully saturated rings. The van der Waals surface area contributed by atoms with Crippen LogP contribution in [0.4, 0.5) is 5.13 Å². The summed E-state index contributed by atoms with van der Waals surface area (Å²) in [4.78, 5) is 4.41. The fourth-order valence-corrected chi connectivity index (χ4v) is 3.71. The summed E-state index contributed by atoms with van der Waals surface area (Å²) in [5.41, 5.74) is 7.94. The second-order valence-electron chi connectivity index (χ2n) is 3.72. The van der Waals surface area contributed by atoms with E-state index < -0.39 is 0 Å². The molecule has 4 heteroatoms. The van der Waals surface area contributed by atoms with Crippen molar-refractivity contribution >= 4 is 28.2 Å². The molecule has 0 atom stereocenters. The van der Waals surface area contributed by atoms with Crippen LogP contribution in [0.3, 0.4) is 0 Å². The van der Waals surface area contributed by atoms with Crippen LogP contribution in [0.25, 0.3) is 11.3 Å². The maximum absolute atomic E-state index is 5.79. The Labute approximate surface area is 104 Å². The van der Waals surface area contributed by atoms with Gasteiger partial charge in [-0.3, -0.25) is 0 Å². The van der Waals surface area contributed by atoms with E-state index in [1.54, 1.807) is 11.3 Å². The molecule has 2 N–H and O–H groups in total. The number of benzene rings is 1. The van der Waals surface area contributed by atoms with Crippen molar-refractivity contribution in [3.63, 3.8) is 0 Å². The van der Waals surface area contributed by atoms with E-state index in [2.05, 4.69) is 31.0 Å². The predicted molar refractivity (Wildman–Crippen MR) is 73.0 cm³/mol. The van der Waals surface area contributed by atoms with E-state index in [0.29, 0.717) is 10.4 Å². The monoisotopic (exact) mass is 250 g/mol. The zero-order valence-electron chi connectivity index (χ0n) is 9.31. The molecule has 0 aliphatic carbocycles. The number of nitrogens with two attached hydrogens (primary N) is 1. The van der Waals surface area contributed by atoms with Crippen molar-refractivity contribution in [2.75, 3.05) is 5.73 Å². The van der Waals surface area contributed by atoms with Gasteiger partial charge in [-0.2, -0.15) is 0 Å². The minimum Gasteiger partial charge on any atom is -0.375 e. The fraction of sp³-hybridized carbons (Fsp3) is 0.250. The van der Waals surface area contributed by atoms with Gasteiger partial charge in [-0.15, -0.1) is 11.8 Å². The van der Waals surface area contributed by atoms with E-state index in [9.17, 15) is 0 Å². The first kappa shape index (κ1) is 11.5. The van der Waals surface area contributed by atoms with Gasteiger partial charge in [-0.25, -0.2) is 4.98 Å². The molecule has 0 amide bonds. The van der Waals surface area contributed by atoms with E-state index in [1.165, 1.54) is 4.21 Å². The van der Waals surface area contributed by atoms with E-state index >= 15 is 0 Å². The Balaban J connectivity index is 2.40. The molecule has 2 nitrogen and oxygen atoms in total. The minimum atomic E-state index is 0.544. The molecular formula is C12H14N2S2. The van der Waals surface area contributed by atoms with Crippen molar-refractivity contribution in [2.24, 2.45) is 0 Å². The largest absolute Gasteiger partial charge is 0.375 e. The molecule has 0 aliphatic heterocycles. The summed E-state index contributed by atoms with van der Waals surface area (Å²) >= 11 is 3.38. The maximum atomic E-state index is 5.79. The van der Waals surface area contributed by atoms with Gasteiger partial charge < -0.3 is 5.73 Å². The molecular weight excluding hydrogens is 236 g/mol. The Hall–Kier alpha value is -1.00. The van der Waals surface area contributed by atoms with E-state index in [0.717, 1.165) is 11.3 Å². The number of rotatable bonds is 3. The average molecular weight is 250 g/mol. The fourth-order valence-electron chi connectivity index (χ4n) is 1.39. The van der Waals surface area contributed by atoms with Crippen LogP contribution in [0.5, 0.6) is 0 Å². The van der Waals surface area contributed by atoms with Crippen LogP contribution in [0, 0.1) is 0 Å². The molecule has 0 bridgehead atoms. The highest BCUT2D eigenvalue weighted by Crippen LogP contribution is 2.38. The molecule has 1 aromatic carbocycles. The summed E-state index contributed by atoms with van der Waals surface area (Å²) in [7, 11) is 0. The first-order chi connectivity index (χ1) is 7.66. The number of nitrogens with zero attached hydrogens (tertiary/aromatic N) is 1. The first-order valence-electron chi connectivity index (χ1n) is 5.15. The molecule has 0 spiro atoms. The third-order valence-corrected chi connectivity index (χ3v) is 4.10. The van der Waals surface area contributed by atoms with Crippen molar-refractivity contribution < 1.29 is 0 Å². The minimum absolute atomic E-state index is 0.544. The van der Waals surface area contributed by atoms with Gasteiger partial charge in [0.05, 0.1) is 9.90 Å². The topological polar surface area (TPSA) is 38.9 Å². The van der Waals surface area contributed by atoms with Crippen molar-refractivity contribution in [3.8, 4) is 11.3 Å². The normalized spacial score (nSPS) is 10.9. The average Bonchev–Trinajstić information content (AvgIpc) is 2.60. The lowest BCUT2D eigenvalue weighted by Gasteiger charge is -2.04. The zero-order valence-corrected chi connectivity index (χ0v) is 10.9. The summed E-state index contributed by atoms with van der Waals surface area (Å²) < 4.78 is 1.21. The molecule has 0 aliphatic rings. The number of aromatic nitrogens is 1. The highest BCUT2D eigenvalue weighted by molar-refractivity contribution is 8.01. The summed E-state index contributed by atoms with van der Waals surface area (Å²) in [5.74, 6) is 0. The first-order valence-corrected chi connectivity index (χ1v) is 6.85. The lowest BCUT2D eigenvalue weighted by atomic mass is 10.2. The molecule has 0 radical (unpaired) electrons. The second-order valence-corrected chi connectivity index (χ2v) is 6.60. The van der Waals surface area contributed by atoms with Gasteiger partial charge in [0, 0.05) is 10.8 Å². The highest BCUT2D eigenvalue weighted by atomic mass is 32.2. The quantitative estimate of drug-likeness (QED) is 0.840. The Bertz CT molecular complexity index is 463. The van der Waals surface area contributed by atoms with Gasteiger partial charge in [0.15, 0.2) is 5.13 Å². The van der Waals surface area contributed by atoms with Crippen molar-refractivity contribution in [1.29, 1.82) is 0 Å². The molecule has 16 heavy (non-hydrogen) atoms. The summed E-state index contributed by atoms with van der Waals surface area (Å²) in [5, 5.41) is 1.18. The number of nitrogen functional groups attached to an aromatic ring is 1. The maximum Gasteiger partial charge on any atom is 0.181 e. The van der Waals surface area contributed by atoms with Gasteiger partial charge in [0.25, 0.3) is 0 Å². The van der Waals surface area contributed by atoms with Crippen LogP contribution >= 0.6 is 23.1 Å². The Morgan fingerprint density at radius 2 is 1.94 bits per heavy atom. The molecule has 1 aromatic heterocycles. The Morgan fingerprint density at radius 1 is 1.25 bits per heavy atom. The van der Waals surface area contributed by atoms with E-state index in [4.69, 9.17) is 5.73 Å². The smallest absolute Gasteiger partial charge is 0.181 e. The molecule has 0 saturated heterocycles. The van der Waals surface area contributed by atoms with Crippen LogP contribution in [0.15, 0.2) is 34.5 Å². The third-order valence-electron chi connectivity index (χ3n) is 2.00. The number of hydrogen-bond donors (Lipinski definition) is 1. The van der Waals surface area contributed by atoms with Crippen molar-refractivity contribution in [1.82, 2.24) is 4.98 Å². The van der Waals surface area contributed by atoms with Crippen molar-refractivity contribution in [2.45, 2.75) is 23.3 Å². The Morgan fingerprint density at radius 3 is 2.56 bits per heavy atom. The van der Waals surface area contributed by atoms with Gasteiger partial charge >= 0.3 is 0 Å². The van der Waals surface area contributed by atoms with Gasteiger partial charge in [0.1, 0.15) is 0 Å². The highest BCUT2D eigenvalue weighted by Gasteiger charge is 2.13. The molecule has 0 unspecified atom stereocenters. The number of thiazole rings is 1. The SMILES string of the molecule is CC(C)Sc1sc(N)nc1-c1ccccc1. The summed E-state index contributed by atoms with van der Waals surface area (Å²) in [6.07, 6.45) is 0. The molecule has 2 rings (SSSR count).